The molecule has 1 N–H and O–H groups in total. The first-order chi connectivity index (χ1) is 10.6. The van der Waals surface area contributed by atoms with Gasteiger partial charge < -0.3 is 5.11 Å². The molecule has 0 aromatic heterocycles. The third-order valence-electron chi connectivity index (χ3n) is 6.05. The van der Waals surface area contributed by atoms with E-state index >= 15 is 0 Å². The smallest absolute Gasteiger partial charge is 0.0543 e. The topological polar surface area (TPSA) is 20.2 Å². The van der Waals surface area contributed by atoms with Crippen LogP contribution in [0.5, 0.6) is 0 Å². The highest BCUT2D eigenvalue weighted by atomic mass is 16.3. The van der Waals surface area contributed by atoms with E-state index in [-0.39, 0.29) is 11.5 Å². The van der Waals surface area contributed by atoms with Crippen LogP contribution in [0.3, 0.4) is 0 Å². The first-order valence-corrected chi connectivity index (χ1v) is 9.37. The van der Waals surface area contributed by atoms with E-state index < -0.39 is 0 Å². The van der Waals surface area contributed by atoms with E-state index in [0.29, 0.717) is 17.3 Å². The monoisotopic (exact) mass is 318 g/mol. The first kappa shape index (κ1) is 20.2. The van der Waals surface area contributed by atoms with Crippen molar-refractivity contribution in [2.24, 2.45) is 16.7 Å². The van der Waals surface area contributed by atoms with Crippen LogP contribution in [0.4, 0.5) is 0 Å². The van der Waals surface area contributed by atoms with Crippen molar-refractivity contribution in [3.05, 3.63) is 35.9 Å². The second-order valence-corrected chi connectivity index (χ2v) is 8.72. The SMILES string of the molecule is CCC(O)CC(C)(C)C(CC(C)(C)C(C)CC)c1ccccc1. The van der Waals surface area contributed by atoms with Crippen molar-refractivity contribution in [1.82, 2.24) is 0 Å². The van der Waals surface area contributed by atoms with E-state index in [4.69, 9.17) is 0 Å². The number of aliphatic hydroxyl groups excluding tert-OH is 1. The van der Waals surface area contributed by atoms with Gasteiger partial charge in [-0.2, -0.15) is 0 Å². The second-order valence-electron chi connectivity index (χ2n) is 8.72. The van der Waals surface area contributed by atoms with Gasteiger partial charge in [0.1, 0.15) is 0 Å². The maximum absolute atomic E-state index is 10.2. The summed E-state index contributed by atoms with van der Waals surface area (Å²) in [6, 6.07) is 10.9. The Kier molecular flexibility index (Phi) is 7.32. The summed E-state index contributed by atoms with van der Waals surface area (Å²) < 4.78 is 0. The highest BCUT2D eigenvalue weighted by Gasteiger charge is 2.37. The molecule has 0 saturated heterocycles. The summed E-state index contributed by atoms with van der Waals surface area (Å²) in [6.45, 7) is 16.2. The van der Waals surface area contributed by atoms with E-state index in [1.807, 2.05) is 0 Å². The molecule has 1 aromatic carbocycles. The van der Waals surface area contributed by atoms with Crippen LogP contribution in [-0.4, -0.2) is 11.2 Å². The summed E-state index contributed by atoms with van der Waals surface area (Å²) in [6.07, 6.45) is 3.87. The average molecular weight is 319 g/mol. The summed E-state index contributed by atoms with van der Waals surface area (Å²) in [5.41, 5.74) is 1.79. The summed E-state index contributed by atoms with van der Waals surface area (Å²) in [4.78, 5) is 0. The number of aliphatic hydroxyl groups is 1. The summed E-state index contributed by atoms with van der Waals surface area (Å²) in [5, 5.41) is 10.2. The van der Waals surface area contributed by atoms with Crippen LogP contribution in [-0.2, 0) is 0 Å². The molecule has 0 aliphatic heterocycles. The fraction of sp³-hybridized carbons (Fsp3) is 0.727. The molecule has 0 fully saturated rings. The van der Waals surface area contributed by atoms with Gasteiger partial charge in [-0.05, 0) is 47.5 Å². The van der Waals surface area contributed by atoms with Gasteiger partial charge in [0.05, 0.1) is 6.10 Å². The van der Waals surface area contributed by atoms with E-state index in [1.165, 1.54) is 12.0 Å². The van der Waals surface area contributed by atoms with E-state index in [0.717, 1.165) is 19.3 Å². The molecule has 0 amide bonds. The van der Waals surface area contributed by atoms with Gasteiger partial charge in [-0.3, -0.25) is 0 Å². The lowest BCUT2D eigenvalue weighted by atomic mass is 9.62. The number of benzene rings is 1. The van der Waals surface area contributed by atoms with E-state index in [1.54, 1.807) is 0 Å². The predicted octanol–water partition coefficient (Wildman–Crippen LogP) is 6.42. The quantitative estimate of drug-likeness (QED) is 0.557. The third kappa shape index (κ3) is 5.64. The Balaban J connectivity index is 3.13. The Labute approximate surface area is 144 Å². The molecular formula is C22H38O. The summed E-state index contributed by atoms with van der Waals surface area (Å²) in [7, 11) is 0. The lowest BCUT2D eigenvalue weighted by Gasteiger charge is -2.43. The predicted molar refractivity (Wildman–Crippen MR) is 102 cm³/mol. The maximum atomic E-state index is 10.2. The minimum absolute atomic E-state index is 0.0848. The third-order valence-corrected chi connectivity index (χ3v) is 6.05. The molecule has 0 bridgehead atoms. The zero-order valence-corrected chi connectivity index (χ0v) is 16.4. The first-order valence-electron chi connectivity index (χ1n) is 9.37. The summed E-state index contributed by atoms with van der Waals surface area (Å²) >= 11 is 0. The van der Waals surface area contributed by atoms with Crippen molar-refractivity contribution in [2.75, 3.05) is 0 Å². The van der Waals surface area contributed by atoms with Crippen LogP contribution in [0.25, 0.3) is 0 Å². The van der Waals surface area contributed by atoms with Crippen molar-refractivity contribution < 1.29 is 5.11 Å². The van der Waals surface area contributed by atoms with Crippen LogP contribution in [0.15, 0.2) is 30.3 Å². The fourth-order valence-electron chi connectivity index (χ4n) is 3.70. The van der Waals surface area contributed by atoms with Crippen LogP contribution in [0.1, 0.15) is 85.6 Å². The number of rotatable bonds is 9. The maximum Gasteiger partial charge on any atom is 0.0543 e. The van der Waals surface area contributed by atoms with Crippen LogP contribution in [0, 0.1) is 16.7 Å². The Bertz CT molecular complexity index is 446. The molecule has 0 saturated carbocycles. The molecule has 1 aromatic rings. The Hall–Kier alpha value is -0.820. The van der Waals surface area contributed by atoms with Crippen molar-refractivity contribution in [3.8, 4) is 0 Å². The van der Waals surface area contributed by atoms with Crippen molar-refractivity contribution in [2.45, 2.75) is 86.2 Å². The number of hydrogen-bond acceptors (Lipinski definition) is 1. The van der Waals surface area contributed by atoms with Crippen LogP contribution >= 0.6 is 0 Å². The van der Waals surface area contributed by atoms with Crippen molar-refractivity contribution in [3.63, 3.8) is 0 Å². The average Bonchev–Trinajstić information content (AvgIpc) is 2.51. The lowest BCUT2D eigenvalue weighted by molar-refractivity contribution is 0.0735. The molecule has 0 aliphatic carbocycles. The zero-order valence-electron chi connectivity index (χ0n) is 16.4. The molecular weight excluding hydrogens is 280 g/mol. The van der Waals surface area contributed by atoms with Crippen LogP contribution < -0.4 is 0 Å². The number of hydrogen-bond donors (Lipinski definition) is 1. The molecule has 0 spiro atoms. The normalized spacial score (nSPS) is 16.9. The molecule has 23 heavy (non-hydrogen) atoms. The van der Waals surface area contributed by atoms with Crippen molar-refractivity contribution in [1.29, 1.82) is 0 Å². The van der Waals surface area contributed by atoms with Crippen molar-refractivity contribution >= 4 is 0 Å². The minimum Gasteiger partial charge on any atom is -0.393 e. The van der Waals surface area contributed by atoms with Gasteiger partial charge in [0.2, 0.25) is 0 Å². The van der Waals surface area contributed by atoms with Gasteiger partial charge in [-0.15, -0.1) is 0 Å². The molecule has 3 unspecified atom stereocenters. The Morgan fingerprint density at radius 1 is 0.870 bits per heavy atom. The molecule has 0 radical (unpaired) electrons. The Morgan fingerprint density at radius 2 is 1.43 bits per heavy atom. The van der Waals surface area contributed by atoms with Gasteiger partial charge in [0.15, 0.2) is 0 Å². The van der Waals surface area contributed by atoms with E-state index in [9.17, 15) is 5.11 Å². The molecule has 1 nitrogen and oxygen atoms in total. The molecule has 0 heterocycles. The van der Waals surface area contributed by atoms with Gasteiger partial charge in [-0.25, -0.2) is 0 Å². The highest BCUT2D eigenvalue weighted by molar-refractivity contribution is 5.22. The second kappa shape index (κ2) is 8.33. The molecule has 1 rings (SSSR count). The molecule has 1 heteroatoms. The summed E-state index contributed by atoms with van der Waals surface area (Å²) in [5.74, 6) is 1.16. The Morgan fingerprint density at radius 3 is 1.91 bits per heavy atom. The minimum atomic E-state index is -0.206. The van der Waals surface area contributed by atoms with Gasteiger partial charge in [0.25, 0.3) is 0 Å². The largest absolute Gasteiger partial charge is 0.393 e. The molecule has 0 aliphatic rings. The van der Waals surface area contributed by atoms with E-state index in [2.05, 4.69) is 78.8 Å². The zero-order chi connectivity index (χ0) is 17.7. The van der Waals surface area contributed by atoms with Gasteiger partial charge in [0, 0.05) is 0 Å². The fourth-order valence-corrected chi connectivity index (χ4v) is 3.70. The standard InChI is InChI=1S/C22H38O/c1-8-17(3)21(4,5)16-20(18-13-11-10-12-14-18)22(6,7)15-19(23)9-2/h10-14,17,19-20,23H,8-9,15-16H2,1-7H3. The lowest BCUT2D eigenvalue weighted by Crippen LogP contribution is -2.33. The van der Waals surface area contributed by atoms with Gasteiger partial charge >= 0.3 is 0 Å². The van der Waals surface area contributed by atoms with Crippen LogP contribution in [0.2, 0.25) is 0 Å². The molecule has 3 atom stereocenters. The highest BCUT2D eigenvalue weighted by Crippen LogP contribution is 2.48. The molecule has 132 valence electrons. The van der Waals surface area contributed by atoms with Gasteiger partial charge in [-0.1, -0.05) is 85.2 Å².